The molecule has 0 aromatic rings. The molecule has 0 radical (unpaired) electrons. The second kappa shape index (κ2) is 7.30. The molecule has 0 N–H and O–H groups in total. The van der Waals surface area contributed by atoms with E-state index in [1.807, 2.05) is 0 Å². The number of rotatable bonds is 6. The SMILES string of the molecule is C=C/C=C\C(=C)OCOC1CCCCC1. The van der Waals surface area contributed by atoms with E-state index in [4.69, 9.17) is 9.47 Å². The molecule has 0 bridgehead atoms. The fraction of sp³-hybridized carbons (Fsp3) is 0.538. The van der Waals surface area contributed by atoms with Gasteiger partial charge < -0.3 is 9.47 Å². The Bertz CT molecular complexity index is 225. The Hall–Kier alpha value is -1.02. The van der Waals surface area contributed by atoms with Crippen LogP contribution in [-0.2, 0) is 9.47 Å². The minimum Gasteiger partial charge on any atom is -0.468 e. The molecular weight excluding hydrogens is 188 g/mol. The summed E-state index contributed by atoms with van der Waals surface area (Å²) in [4.78, 5) is 0. The summed E-state index contributed by atoms with van der Waals surface area (Å²) >= 11 is 0. The first-order valence-corrected chi connectivity index (χ1v) is 5.55. The summed E-state index contributed by atoms with van der Waals surface area (Å²) in [6.45, 7) is 7.62. The highest BCUT2D eigenvalue weighted by Crippen LogP contribution is 2.20. The minimum absolute atomic E-state index is 0.310. The molecule has 1 fully saturated rings. The van der Waals surface area contributed by atoms with Gasteiger partial charge in [-0.2, -0.15) is 0 Å². The molecule has 15 heavy (non-hydrogen) atoms. The second-order valence-electron chi connectivity index (χ2n) is 3.75. The fourth-order valence-corrected chi connectivity index (χ4v) is 1.66. The first-order chi connectivity index (χ1) is 7.33. The molecule has 0 heterocycles. The summed E-state index contributed by atoms with van der Waals surface area (Å²) < 4.78 is 10.9. The Morgan fingerprint density at radius 1 is 1.27 bits per heavy atom. The summed E-state index contributed by atoms with van der Waals surface area (Å²) in [5.74, 6) is 0.616. The van der Waals surface area contributed by atoms with E-state index in [1.165, 1.54) is 32.1 Å². The number of ether oxygens (including phenoxy) is 2. The van der Waals surface area contributed by atoms with E-state index in [1.54, 1.807) is 18.2 Å². The lowest BCUT2D eigenvalue weighted by Gasteiger charge is -2.21. The Morgan fingerprint density at radius 3 is 2.67 bits per heavy atom. The van der Waals surface area contributed by atoms with Crippen molar-refractivity contribution in [1.29, 1.82) is 0 Å². The average Bonchev–Trinajstić information content (AvgIpc) is 2.28. The van der Waals surface area contributed by atoms with Crippen LogP contribution in [-0.4, -0.2) is 12.9 Å². The molecule has 0 saturated heterocycles. The van der Waals surface area contributed by atoms with Gasteiger partial charge in [0.2, 0.25) is 0 Å². The van der Waals surface area contributed by atoms with Crippen LogP contribution in [0.4, 0.5) is 0 Å². The van der Waals surface area contributed by atoms with E-state index in [0.29, 0.717) is 18.7 Å². The van der Waals surface area contributed by atoms with Crippen molar-refractivity contribution >= 4 is 0 Å². The smallest absolute Gasteiger partial charge is 0.189 e. The summed E-state index contributed by atoms with van der Waals surface area (Å²) in [5, 5.41) is 0. The Balaban J connectivity index is 2.06. The van der Waals surface area contributed by atoms with Gasteiger partial charge in [-0.1, -0.05) is 44.6 Å². The van der Waals surface area contributed by atoms with Gasteiger partial charge in [-0.25, -0.2) is 0 Å². The molecule has 0 aromatic heterocycles. The molecule has 0 amide bonds. The van der Waals surface area contributed by atoms with Crippen LogP contribution in [0.25, 0.3) is 0 Å². The maximum atomic E-state index is 5.59. The van der Waals surface area contributed by atoms with Crippen molar-refractivity contribution in [2.24, 2.45) is 0 Å². The van der Waals surface area contributed by atoms with Crippen molar-refractivity contribution in [2.45, 2.75) is 38.2 Å². The van der Waals surface area contributed by atoms with Crippen LogP contribution in [0, 0.1) is 0 Å². The Labute approximate surface area is 92.3 Å². The summed E-state index contributed by atoms with van der Waals surface area (Å²) in [5.41, 5.74) is 0. The zero-order valence-electron chi connectivity index (χ0n) is 9.28. The average molecular weight is 208 g/mol. The third-order valence-corrected chi connectivity index (χ3v) is 2.52. The van der Waals surface area contributed by atoms with E-state index in [9.17, 15) is 0 Å². The standard InChI is InChI=1S/C13H20O2/c1-3-4-8-12(2)14-11-15-13-9-6-5-7-10-13/h3-4,8,13H,1-2,5-7,9-11H2/b8-4-. The van der Waals surface area contributed by atoms with E-state index in [2.05, 4.69) is 13.2 Å². The molecule has 2 nitrogen and oxygen atoms in total. The van der Waals surface area contributed by atoms with Crippen LogP contribution in [0.1, 0.15) is 32.1 Å². The number of hydrogen-bond acceptors (Lipinski definition) is 2. The van der Waals surface area contributed by atoms with Crippen LogP contribution >= 0.6 is 0 Å². The second-order valence-corrected chi connectivity index (χ2v) is 3.75. The molecule has 1 rings (SSSR count). The third kappa shape index (κ3) is 5.43. The molecule has 0 aromatic carbocycles. The van der Waals surface area contributed by atoms with Gasteiger partial charge in [0.1, 0.15) is 5.76 Å². The number of allylic oxidation sites excluding steroid dienone is 3. The maximum Gasteiger partial charge on any atom is 0.189 e. The quantitative estimate of drug-likeness (QED) is 0.377. The van der Waals surface area contributed by atoms with Gasteiger partial charge >= 0.3 is 0 Å². The largest absolute Gasteiger partial charge is 0.468 e. The molecule has 0 atom stereocenters. The van der Waals surface area contributed by atoms with Crippen LogP contribution in [0.15, 0.2) is 37.1 Å². The van der Waals surface area contributed by atoms with Crippen molar-refractivity contribution in [2.75, 3.05) is 6.79 Å². The molecule has 84 valence electrons. The van der Waals surface area contributed by atoms with E-state index >= 15 is 0 Å². The molecule has 1 saturated carbocycles. The molecule has 0 unspecified atom stereocenters. The minimum atomic E-state index is 0.310. The lowest BCUT2D eigenvalue weighted by molar-refractivity contribution is -0.0736. The van der Waals surface area contributed by atoms with Crippen molar-refractivity contribution in [1.82, 2.24) is 0 Å². The topological polar surface area (TPSA) is 18.5 Å². The van der Waals surface area contributed by atoms with Gasteiger partial charge in [-0.15, -0.1) is 0 Å². The van der Waals surface area contributed by atoms with Crippen molar-refractivity contribution in [3.8, 4) is 0 Å². The van der Waals surface area contributed by atoms with Gasteiger partial charge in [0.25, 0.3) is 0 Å². The fourth-order valence-electron chi connectivity index (χ4n) is 1.66. The summed E-state index contributed by atoms with van der Waals surface area (Å²) in [7, 11) is 0. The predicted molar refractivity (Wildman–Crippen MR) is 62.4 cm³/mol. The summed E-state index contributed by atoms with van der Waals surface area (Å²) in [6, 6.07) is 0. The summed E-state index contributed by atoms with van der Waals surface area (Å²) in [6.07, 6.45) is 11.9. The highest BCUT2D eigenvalue weighted by Gasteiger charge is 2.13. The molecule has 1 aliphatic rings. The van der Waals surface area contributed by atoms with Crippen molar-refractivity contribution < 1.29 is 9.47 Å². The Kier molecular flexibility index (Phi) is 5.86. The number of hydrogen-bond donors (Lipinski definition) is 0. The van der Waals surface area contributed by atoms with Gasteiger partial charge in [-0.3, -0.25) is 0 Å². The monoisotopic (exact) mass is 208 g/mol. The van der Waals surface area contributed by atoms with Crippen LogP contribution in [0.5, 0.6) is 0 Å². The molecule has 0 aliphatic heterocycles. The van der Waals surface area contributed by atoms with Gasteiger partial charge in [0.15, 0.2) is 6.79 Å². The zero-order valence-corrected chi connectivity index (χ0v) is 9.28. The van der Waals surface area contributed by atoms with Gasteiger partial charge in [0, 0.05) is 0 Å². The van der Waals surface area contributed by atoms with Gasteiger partial charge in [0.05, 0.1) is 6.10 Å². The van der Waals surface area contributed by atoms with Crippen LogP contribution < -0.4 is 0 Å². The van der Waals surface area contributed by atoms with Crippen molar-refractivity contribution in [3.05, 3.63) is 37.1 Å². The van der Waals surface area contributed by atoms with Gasteiger partial charge in [-0.05, 0) is 18.9 Å². The molecular formula is C13H20O2. The van der Waals surface area contributed by atoms with Crippen LogP contribution in [0.3, 0.4) is 0 Å². The van der Waals surface area contributed by atoms with E-state index in [0.717, 1.165) is 0 Å². The molecule has 2 heteroatoms. The van der Waals surface area contributed by atoms with Crippen molar-refractivity contribution in [3.63, 3.8) is 0 Å². The normalized spacial score (nSPS) is 17.9. The van der Waals surface area contributed by atoms with E-state index < -0.39 is 0 Å². The first kappa shape index (κ1) is 12.1. The lowest BCUT2D eigenvalue weighted by Crippen LogP contribution is -2.17. The Morgan fingerprint density at radius 2 is 2.00 bits per heavy atom. The molecule has 1 aliphatic carbocycles. The highest BCUT2D eigenvalue weighted by atomic mass is 16.7. The zero-order chi connectivity index (χ0) is 10.9. The third-order valence-electron chi connectivity index (χ3n) is 2.52. The molecule has 0 spiro atoms. The van der Waals surface area contributed by atoms with E-state index in [-0.39, 0.29) is 0 Å². The lowest BCUT2D eigenvalue weighted by atomic mass is 9.98. The first-order valence-electron chi connectivity index (χ1n) is 5.55. The maximum absolute atomic E-state index is 5.59. The highest BCUT2D eigenvalue weighted by molar-refractivity contribution is 5.12. The van der Waals surface area contributed by atoms with Crippen LogP contribution in [0.2, 0.25) is 0 Å². The predicted octanol–water partition coefficient (Wildman–Crippen LogP) is 3.57.